The number of hydrogen-bond acceptors (Lipinski definition) is 3. The molecular formula is C14H10BrFN2O3. The fourth-order valence-corrected chi connectivity index (χ4v) is 2.20. The molecule has 21 heavy (non-hydrogen) atoms. The number of carbonyl (C=O) groups is 2. The molecule has 0 bridgehead atoms. The van der Waals surface area contributed by atoms with Crippen molar-refractivity contribution in [2.24, 2.45) is 0 Å². The number of aromatic carboxylic acids is 1. The predicted octanol–water partition coefficient (Wildman–Crippen LogP) is 3.12. The van der Waals surface area contributed by atoms with Gasteiger partial charge in [-0.05, 0) is 36.4 Å². The highest BCUT2D eigenvalue weighted by Crippen LogP contribution is 2.21. The molecule has 2 rings (SSSR count). The minimum absolute atomic E-state index is 0.0490. The smallest absolute Gasteiger partial charge is 0.337 e. The summed E-state index contributed by atoms with van der Waals surface area (Å²) in [5.41, 5.74) is 5.88. The first-order valence-electron chi connectivity index (χ1n) is 5.77. The lowest BCUT2D eigenvalue weighted by Gasteiger charge is -2.10. The van der Waals surface area contributed by atoms with Gasteiger partial charge in [0, 0.05) is 15.7 Å². The van der Waals surface area contributed by atoms with E-state index in [9.17, 15) is 14.0 Å². The molecule has 2 aromatic carbocycles. The van der Waals surface area contributed by atoms with Gasteiger partial charge in [0.15, 0.2) is 0 Å². The molecule has 0 radical (unpaired) electrons. The summed E-state index contributed by atoms with van der Waals surface area (Å²) in [6.45, 7) is 0. The Morgan fingerprint density at radius 2 is 1.90 bits per heavy atom. The van der Waals surface area contributed by atoms with E-state index < -0.39 is 17.7 Å². The molecule has 108 valence electrons. The van der Waals surface area contributed by atoms with E-state index >= 15 is 0 Å². The number of halogens is 2. The van der Waals surface area contributed by atoms with E-state index in [-0.39, 0.29) is 16.8 Å². The van der Waals surface area contributed by atoms with Crippen molar-refractivity contribution in [3.05, 3.63) is 57.8 Å². The number of nitrogen functional groups attached to an aromatic ring is 1. The van der Waals surface area contributed by atoms with Crippen molar-refractivity contribution < 1.29 is 19.1 Å². The van der Waals surface area contributed by atoms with E-state index in [0.717, 1.165) is 6.07 Å². The molecule has 0 spiro atoms. The summed E-state index contributed by atoms with van der Waals surface area (Å²) in [5, 5.41) is 11.5. The molecule has 0 atom stereocenters. The van der Waals surface area contributed by atoms with Crippen molar-refractivity contribution in [3.8, 4) is 0 Å². The molecule has 0 saturated heterocycles. The van der Waals surface area contributed by atoms with E-state index in [2.05, 4.69) is 21.2 Å². The fraction of sp³-hybridized carbons (Fsp3) is 0. The van der Waals surface area contributed by atoms with Crippen LogP contribution in [0, 0.1) is 5.82 Å². The lowest BCUT2D eigenvalue weighted by atomic mass is 10.1. The maximum atomic E-state index is 13.3. The SMILES string of the molecule is Nc1ccc(C(=O)O)c(NC(=O)c2cc(F)cc(Br)c2)c1. The van der Waals surface area contributed by atoms with Crippen molar-refractivity contribution in [2.45, 2.75) is 0 Å². The quantitative estimate of drug-likeness (QED) is 0.740. The number of hydrogen-bond donors (Lipinski definition) is 3. The van der Waals surface area contributed by atoms with Crippen molar-refractivity contribution in [2.75, 3.05) is 11.1 Å². The normalized spacial score (nSPS) is 10.2. The highest BCUT2D eigenvalue weighted by molar-refractivity contribution is 9.10. The standard InChI is InChI=1S/C14H10BrFN2O3/c15-8-3-7(4-9(16)5-8)13(19)18-12-6-10(17)1-2-11(12)14(20)21/h1-6H,17H2,(H,18,19)(H,20,21). The van der Waals surface area contributed by atoms with Gasteiger partial charge in [-0.1, -0.05) is 15.9 Å². The number of nitrogens with one attached hydrogen (secondary N) is 1. The third kappa shape index (κ3) is 3.57. The van der Waals surface area contributed by atoms with Crippen molar-refractivity contribution >= 4 is 39.2 Å². The topological polar surface area (TPSA) is 92.4 Å². The zero-order chi connectivity index (χ0) is 15.6. The monoisotopic (exact) mass is 352 g/mol. The summed E-state index contributed by atoms with van der Waals surface area (Å²) in [5.74, 6) is -2.42. The van der Waals surface area contributed by atoms with Gasteiger partial charge in [0.1, 0.15) is 5.82 Å². The molecule has 0 fully saturated rings. The van der Waals surface area contributed by atoms with E-state index in [4.69, 9.17) is 10.8 Å². The molecule has 7 heteroatoms. The van der Waals surface area contributed by atoms with Crippen LogP contribution in [-0.4, -0.2) is 17.0 Å². The van der Waals surface area contributed by atoms with E-state index in [1.165, 1.54) is 30.3 Å². The van der Waals surface area contributed by atoms with E-state index in [1.54, 1.807) is 0 Å². The van der Waals surface area contributed by atoms with Crippen LogP contribution in [-0.2, 0) is 0 Å². The largest absolute Gasteiger partial charge is 0.478 e. The summed E-state index contributed by atoms with van der Waals surface area (Å²) in [6.07, 6.45) is 0. The van der Waals surface area contributed by atoms with Crippen LogP contribution in [0.25, 0.3) is 0 Å². The van der Waals surface area contributed by atoms with Gasteiger partial charge < -0.3 is 16.2 Å². The molecule has 0 heterocycles. The Morgan fingerprint density at radius 3 is 2.52 bits per heavy atom. The third-order valence-electron chi connectivity index (χ3n) is 2.65. The summed E-state index contributed by atoms with van der Waals surface area (Å²) < 4.78 is 13.7. The van der Waals surface area contributed by atoms with Crippen LogP contribution in [0.1, 0.15) is 20.7 Å². The first-order chi connectivity index (χ1) is 9.86. The van der Waals surface area contributed by atoms with Crippen LogP contribution >= 0.6 is 15.9 Å². The fourth-order valence-electron chi connectivity index (χ4n) is 1.73. The second-order valence-electron chi connectivity index (χ2n) is 4.22. The Hall–Kier alpha value is -2.41. The Labute approximate surface area is 127 Å². The van der Waals surface area contributed by atoms with Gasteiger partial charge in [0.05, 0.1) is 11.3 Å². The van der Waals surface area contributed by atoms with Crippen LogP contribution in [0.2, 0.25) is 0 Å². The van der Waals surface area contributed by atoms with E-state index in [0.29, 0.717) is 10.2 Å². The molecule has 0 unspecified atom stereocenters. The lowest BCUT2D eigenvalue weighted by Crippen LogP contribution is -2.15. The first kappa shape index (κ1) is 15.0. The Bertz CT molecular complexity index is 714. The van der Waals surface area contributed by atoms with Crippen molar-refractivity contribution in [3.63, 3.8) is 0 Å². The maximum Gasteiger partial charge on any atom is 0.337 e. The predicted molar refractivity (Wildman–Crippen MR) is 79.9 cm³/mol. The first-order valence-corrected chi connectivity index (χ1v) is 6.56. The van der Waals surface area contributed by atoms with E-state index in [1.807, 2.05) is 0 Å². The average molecular weight is 353 g/mol. The van der Waals surface area contributed by atoms with Gasteiger partial charge in [-0.3, -0.25) is 4.79 Å². The van der Waals surface area contributed by atoms with Gasteiger partial charge in [0.2, 0.25) is 0 Å². The lowest BCUT2D eigenvalue weighted by molar-refractivity contribution is 0.0698. The molecule has 0 aliphatic rings. The molecular weight excluding hydrogens is 343 g/mol. The highest BCUT2D eigenvalue weighted by Gasteiger charge is 2.15. The number of carboxylic acids is 1. The minimum Gasteiger partial charge on any atom is -0.478 e. The van der Waals surface area contributed by atoms with Crippen molar-refractivity contribution in [1.29, 1.82) is 0 Å². The second-order valence-corrected chi connectivity index (χ2v) is 5.14. The number of benzene rings is 2. The van der Waals surface area contributed by atoms with Gasteiger partial charge in [-0.25, -0.2) is 9.18 Å². The zero-order valence-electron chi connectivity index (χ0n) is 10.6. The molecule has 4 N–H and O–H groups in total. The number of carboxylic acid groups (broad SMARTS) is 1. The Morgan fingerprint density at radius 1 is 1.19 bits per heavy atom. The zero-order valence-corrected chi connectivity index (χ0v) is 12.1. The maximum absolute atomic E-state index is 13.3. The summed E-state index contributed by atoms with van der Waals surface area (Å²) in [6, 6.07) is 7.71. The molecule has 0 aromatic heterocycles. The van der Waals surface area contributed by atoms with Gasteiger partial charge in [-0.15, -0.1) is 0 Å². The summed E-state index contributed by atoms with van der Waals surface area (Å²) >= 11 is 3.08. The van der Waals surface area contributed by atoms with Gasteiger partial charge in [0.25, 0.3) is 5.91 Å². The second kappa shape index (κ2) is 5.92. The van der Waals surface area contributed by atoms with Gasteiger partial charge >= 0.3 is 5.97 Å². The third-order valence-corrected chi connectivity index (χ3v) is 3.10. The van der Waals surface area contributed by atoms with Gasteiger partial charge in [-0.2, -0.15) is 0 Å². The summed E-state index contributed by atoms with van der Waals surface area (Å²) in [7, 11) is 0. The van der Waals surface area contributed by atoms with Crippen LogP contribution in [0.5, 0.6) is 0 Å². The number of anilines is 2. The average Bonchev–Trinajstić information content (AvgIpc) is 2.37. The van der Waals surface area contributed by atoms with Crippen LogP contribution in [0.3, 0.4) is 0 Å². The molecule has 0 aliphatic carbocycles. The minimum atomic E-state index is -1.20. The van der Waals surface area contributed by atoms with Crippen LogP contribution in [0.4, 0.5) is 15.8 Å². The molecule has 2 aromatic rings. The molecule has 1 amide bonds. The molecule has 0 aliphatic heterocycles. The number of amides is 1. The Balaban J connectivity index is 2.35. The Kier molecular flexibility index (Phi) is 4.23. The number of nitrogens with two attached hydrogens (primary N) is 1. The number of carbonyl (C=O) groups excluding carboxylic acids is 1. The van der Waals surface area contributed by atoms with Crippen LogP contribution in [0.15, 0.2) is 40.9 Å². The summed E-state index contributed by atoms with van der Waals surface area (Å²) in [4.78, 5) is 23.2. The van der Waals surface area contributed by atoms with Crippen LogP contribution < -0.4 is 11.1 Å². The highest BCUT2D eigenvalue weighted by atomic mass is 79.9. The number of rotatable bonds is 3. The molecule has 0 saturated carbocycles. The molecule has 5 nitrogen and oxygen atoms in total. The van der Waals surface area contributed by atoms with Crippen molar-refractivity contribution in [1.82, 2.24) is 0 Å².